The molecule has 1 heterocycles. The third kappa shape index (κ3) is 3.94. The topological polar surface area (TPSA) is 94.2 Å². The Balaban J connectivity index is 1.63. The number of hydrogen-bond donors (Lipinski definition) is 1. The highest BCUT2D eigenvalue weighted by Gasteiger charge is 2.25. The number of amides is 1. The Morgan fingerprint density at radius 2 is 1.78 bits per heavy atom. The van der Waals surface area contributed by atoms with Gasteiger partial charge in [-0.2, -0.15) is 0 Å². The first-order chi connectivity index (χ1) is 15.3. The van der Waals surface area contributed by atoms with E-state index in [4.69, 9.17) is 14.2 Å². The molecule has 0 aliphatic carbocycles. The van der Waals surface area contributed by atoms with Gasteiger partial charge >= 0.3 is 0 Å². The van der Waals surface area contributed by atoms with E-state index in [1.165, 1.54) is 26.3 Å². The number of sulfonamides is 1. The van der Waals surface area contributed by atoms with Crippen LogP contribution in [0.15, 0.2) is 65.6 Å². The fraction of sp³-hybridized carbons (Fsp3) is 0.174. The molecule has 0 bridgehead atoms. The van der Waals surface area contributed by atoms with Crippen molar-refractivity contribution < 1.29 is 27.4 Å². The SMILES string of the molecule is COc1ccccc1N(C)S(=O)(=O)c1ccc(C)c(C(=O)Nc2ccc3c(c2)OCO3)c1. The van der Waals surface area contributed by atoms with Crippen molar-refractivity contribution in [1.82, 2.24) is 0 Å². The van der Waals surface area contributed by atoms with Gasteiger partial charge in [-0.1, -0.05) is 18.2 Å². The summed E-state index contributed by atoms with van der Waals surface area (Å²) in [5, 5.41) is 2.78. The van der Waals surface area contributed by atoms with Crippen LogP contribution in [-0.4, -0.2) is 35.3 Å². The van der Waals surface area contributed by atoms with Gasteiger partial charge in [0.2, 0.25) is 6.79 Å². The van der Waals surface area contributed by atoms with Gasteiger partial charge in [-0.05, 0) is 48.9 Å². The average molecular weight is 455 g/mol. The molecule has 0 spiro atoms. The Bertz CT molecular complexity index is 1290. The van der Waals surface area contributed by atoms with Crippen LogP contribution < -0.4 is 23.8 Å². The molecule has 1 N–H and O–H groups in total. The molecule has 0 saturated carbocycles. The monoisotopic (exact) mass is 454 g/mol. The first kappa shape index (κ1) is 21.5. The van der Waals surface area contributed by atoms with Gasteiger partial charge in [0.1, 0.15) is 5.75 Å². The van der Waals surface area contributed by atoms with E-state index in [1.807, 2.05) is 0 Å². The van der Waals surface area contributed by atoms with Crippen LogP contribution in [0.5, 0.6) is 17.2 Å². The number of hydrogen-bond acceptors (Lipinski definition) is 6. The molecule has 8 nitrogen and oxygen atoms in total. The lowest BCUT2D eigenvalue weighted by molar-refractivity contribution is 0.102. The second-order valence-electron chi connectivity index (χ2n) is 7.14. The fourth-order valence-corrected chi connectivity index (χ4v) is 4.59. The maximum atomic E-state index is 13.3. The molecule has 166 valence electrons. The average Bonchev–Trinajstić information content (AvgIpc) is 3.26. The smallest absolute Gasteiger partial charge is 0.264 e. The van der Waals surface area contributed by atoms with E-state index < -0.39 is 15.9 Å². The normalized spacial score (nSPS) is 12.3. The standard InChI is InChI=1S/C23H22N2O6S/c1-15-8-10-17(32(27,28)25(2)19-6-4-5-7-20(19)29-3)13-18(15)23(26)24-16-9-11-21-22(12-16)31-14-30-21/h4-13H,14H2,1-3H3,(H,24,26). The quantitative estimate of drug-likeness (QED) is 0.609. The summed E-state index contributed by atoms with van der Waals surface area (Å²) in [5.74, 6) is 1.13. The van der Waals surface area contributed by atoms with Gasteiger partial charge in [0.25, 0.3) is 15.9 Å². The summed E-state index contributed by atoms with van der Waals surface area (Å²) < 4.78 is 43.6. The molecule has 3 aromatic rings. The largest absolute Gasteiger partial charge is 0.495 e. The molecule has 1 aliphatic rings. The molecule has 9 heteroatoms. The van der Waals surface area contributed by atoms with E-state index in [1.54, 1.807) is 55.5 Å². The highest BCUT2D eigenvalue weighted by molar-refractivity contribution is 7.92. The lowest BCUT2D eigenvalue weighted by Gasteiger charge is -2.22. The molecule has 0 saturated heterocycles. The molecular formula is C23H22N2O6S. The summed E-state index contributed by atoms with van der Waals surface area (Å²) in [7, 11) is -1.02. The van der Waals surface area contributed by atoms with Crippen molar-refractivity contribution in [2.75, 3.05) is 30.6 Å². The van der Waals surface area contributed by atoms with Gasteiger partial charge in [0.05, 0.1) is 17.7 Å². The first-order valence-electron chi connectivity index (χ1n) is 9.75. The van der Waals surface area contributed by atoms with Crippen molar-refractivity contribution in [2.24, 2.45) is 0 Å². The number of nitrogens with one attached hydrogen (secondary N) is 1. The van der Waals surface area contributed by atoms with Gasteiger partial charge in [-0.3, -0.25) is 9.10 Å². The van der Waals surface area contributed by atoms with Gasteiger partial charge in [-0.15, -0.1) is 0 Å². The predicted octanol–water partition coefficient (Wildman–Crippen LogP) is 3.81. The molecule has 1 amide bonds. The molecule has 3 aromatic carbocycles. The number of benzene rings is 3. The highest BCUT2D eigenvalue weighted by Crippen LogP contribution is 2.35. The number of methoxy groups -OCH3 is 1. The molecule has 0 unspecified atom stereocenters. The summed E-state index contributed by atoms with van der Waals surface area (Å²) >= 11 is 0. The van der Waals surface area contributed by atoms with Crippen LogP contribution in [0.4, 0.5) is 11.4 Å². The summed E-state index contributed by atoms with van der Waals surface area (Å²) in [6, 6.07) is 16.3. The zero-order valence-corrected chi connectivity index (χ0v) is 18.6. The number of carbonyl (C=O) groups is 1. The van der Waals surface area contributed by atoms with E-state index in [9.17, 15) is 13.2 Å². The Morgan fingerprint density at radius 1 is 1.03 bits per heavy atom. The molecule has 0 atom stereocenters. The molecular weight excluding hydrogens is 432 g/mol. The summed E-state index contributed by atoms with van der Waals surface area (Å²) in [4.78, 5) is 12.9. The minimum absolute atomic E-state index is 0.00709. The van der Waals surface area contributed by atoms with Crippen molar-refractivity contribution in [3.63, 3.8) is 0 Å². The molecule has 4 rings (SSSR count). The van der Waals surface area contributed by atoms with Crippen molar-refractivity contribution in [3.05, 3.63) is 71.8 Å². The molecule has 0 aromatic heterocycles. The van der Waals surface area contributed by atoms with Crippen LogP contribution in [0.2, 0.25) is 0 Å². The lowest BCUT2D eigenvalue weighted by Crippen LogP contribution is -2.27. The zero-order chi connectivity index (χ0) is 22.9. The van der Waals surface area contributed by atoms with Crippen LogP contribution in [0, 0.1) is 6.92 Å². The molecule has 0 radical (unpaired) electrons. The van der Waals surface area contributed by atoms with Gasteiger partial charge < -0.3 is 19.5 Å². The van der Waals surface area contributed by atoms with Gasteiger partial charge in [0, 0.05) is 24.4 Å². The third-order valence-electron chi connectivity index (χ3n) is 5.17. The molecule has 32 heavy (non-hydrogen) atoms. The number of ether oxygens (including phenoxy) is 3. The first-order valence-corrected chi connectivity index (χ1v) is 11.2. The number of aryl methyl sites for hydroxylation is 1. The van der Waals surface area contributed by atoms with E-state index in [0.29, 0.717) is 34.2 Å². The maximum absolute atomic E-state index is 13.3. The van der Waals surface area contributed by atoms with Crippen molar-refractivity contribution in [3.8, 4) is 17.2 Å². The number of para-hydroxylation sites is 2. The summed E-state index contributed by atoms with van der Waals surface area (Å²) in [6.07, 6.45) is 0. The van der Waals surface area contributed by atoms with Crippen LogP contribution in [0.3, 0.4) is 0 Å². The molecule has 1 aliphatic heterocycles. The summed E-state index contributed by atoms with van der Waals surface area (Å²) in [6.45, 7) is 1.88. The summed E-state index contributed by atoms with van der Waals surface area (Å²) in [5.41, 5.74) is 1.79. The second-order valence-corrected chi connectivity index (χ2v) is 9.11. The predicted molar refractivity (Wildman–Crippen MR) is 120 cm³/mol. The van der Waals surface area contributed by atoms with Crippen molar-refractivity contribution >= 4 is 27.3 Å². The van der Waals surface area contributed by atoms with Crippen LogP contribution in [-0.2, 0) is 10.0 Å². The van der Waals surface area contributed by atoms with E-state index in [0.717, 1.165) is 4.31 Å². The zero-order valence-electron chi connectivity index (χ0n) is 17.8. The Hall–Kier alpha value is -3.72. The Morgan fingerprint density at radius 3 is 2.56 bits per heavy atom. The Labute approximate surface area is 186 Å². The minimum atomic E-state index is -3.94. The van der Waals surface area contributed by atoms with Gasteiger partial charge in [-0.25, -0.2) is 8.42 Å². The van der Waals surface area contributed by atoms with Gasteiger partial charge in [0.15, 0.2) is 11.5 Å². The van der Waals surface area contributed by atoms with Crippen LogP contribution in [0.25, 0.3) is 0 Å². The fourth-order valence-electron chi connectivity index (χ4n) is 3.36. The number of rotatable bonds is 6. The number of fused-ring (bicyclic) bond motifs is 1. The number of anilines is 2. The van der Waals surface area contributed by atoms with Crippen molar-refractivity contribution in [1.29, 1.82) is 0 Å². The second kappa shape index (κ2) is 8.43. The molecule has 0 fully saturated rings. The van der Waals surface area contributed by atoms with E-state index in [2.05, 4.69) is 5.32 Å². The third-order valence-corrected chi connectivity index (χ3v) is 6.93. The number of nitrogens with zero attached hydrogens (tertiary/aromatic N) is 1. The maximum Gasteiger partial charge on any atom is 0.264 e. The van der Waals surface area contributed by atoms with Crippen LogP contribution >= 0.6 is 0 Å². The van der Waals surface area contributed by atoms with E-state index >= 15 is 0 Å². The van der Waals surface area contributed by atoms with E-state index in [-0.39, 0.29) is 17.3 Å². The van der Waals surface area contributed by atoms with Crippen LogP contribution in [0.1, 0.15) is 15.9 Å². The lowest BCUT2D eigenvalue weighted by atomic mass is 10.1. The highest BCUT2D eigenvalue weighted by atomic mass is 32.2. The minimum Gasteiger partial charge on any atom is -0.495 e. The Kier molecular flexibility index (Phi) is 5.67. The van der Waals surface area contributed by atoms with Crippen molar-refractivity contribution in [2.45, 2.75) is 11.8 Å². The number of carbonyl (C=O) groups excluding carboxylic acids is 1.